The molecule has 0 bridgehead atoms. The number of rotatable bonds is 6. The number of hydrogen-bond donors (Lipinski definition) is 1. The number of nitrogens with zero attached hydrogens (tertiary/aromatic N) is 1. The summed E-state index contributed by atoms with van der Waals surface area (Å²) >= 11 is 0. The molecule has 0 aliphatic carbocycles. The van der Waals surface area contributed by atoms with Gasteiger partial charge in [-0.1, -0.05) is 23.8 Å². The van der Waals surface area contributed by atoms with Crippen LogP contribution in [0.1, 0.15) is 12.5 Å². The third kappa shape index (κ3) is 5.22. The van der Waals surface area contributed by atoms with Crippen molar-refractivity contribution in [1.29, 1.82) is 0 Å². The molecule has 7 heteroatoms. The number of aryl methyl sites for hydroxylation is 1. The molecule has 0 radical (unpaired) electrons. The molecule has 0 saturated heterocycles. The minimum atomic E-state index is -3.37. The van der Waals surface area contributed by atoms with Crippen LogP contribution in [0.15, 0.2) is 48.5 Å². The molecule has 0 aromatic heterocycles. The lowest BCUT2D eigenvalue weighted by Crippen LogP contribution is -2.30. The number of anilines is 2. The van der Waals surface area contributed by atoms with Crippen LogP contribution in [0.5, 0.6) is 5.75 Å². The molecule has 0 aliphatic heterocycles. The van der Waals surface area contributed by atoms with Crippen LogP contribution in [-0.4, -0.2) is 33.7 Å². The van der Waals surface area contributed by atoms with Crippen molar-refractivity contribution in [2.75, 3.05) is 22.9 Å². The van der Waals surface area contributed by atoms with E-state index in [0.717, 1.165) is 16.1 Å². The Bertz CT molecular complexity index is 848. The van der Waals surface area contributed by atoms with Gasteiger partial charge in [0, 0.05) is 12.7 Å². The van der Waals surface area contributed by atoms with Gasteiger partial charge < -0.3 is 10.1 Å². The third-order valence-corrected chi connectivity index (χ3v) is 4.88. The first-order valence-electron chi connectivity index (χ1n) is 7.75. The van der Waals surface area contributed by atoms with E-state index in [1.165, 1.54) is 7.05 Å². The predicted molar refractivity (Wildman–Crippen MR) is 99.6 cm³/mol. The second-order valence-corrected chi connectivity index (χ2v) is 7.86. The minimum absolute atomic E-state index is 0.320. The SMILES string of the molecule is Cc1ccc(O[C@H](C)C(=O)Nc2cccc(N(C)S(C)(=O)=O)c2)cc1. The lowest BCUT2D eigenvalue weighted by atomic mass is 10.2. The van der Waals surface area contributed by atoms with Gasteiger partial charge >= 0.3 is 0 Å². The molecule has 2 aromatic rings. The van der Waals surface area contributed by atoms with E-state index in [1.807, 2.05) is 19.1 Å². The van der Waals surface area contributed by atoms with Crippen molar-refractivity contribution in [2.24, 2.45) is 0 Å². The molecule has 0 saturated carbocycles. The molecule has 0 unspecified atom stereocenters. The Morgan fingerprint density at radius 3 is 2.40 bits per heavy atom. The van der Waals surface area contributed by atoms with E-state index < -0.39 is 16.1 Å². The third-order valence-electron chi connectivity index (χ3n) is 3.68. The summed E-state index contributed by atoms with van der Waals surface area (Å²) in [6.45, 7) is 3.63. The number of benzene rings is 2. The highest BCUT2D eigenvalue weighted by molar-refractivity contribution is 7.92. The zero-order valence-corrected chi connectivity index (χ0v) is 15.5. The van der Waals surface area contributed by atoms with Gasteiger partial charge in [-0.3, -0.25) is 9.10 Å². The minimum Gasteiger partial charge on any atom is -0.481 e. The normalized spacial score (nSPS) is 12.3. The molecule has 1 N–H and O–H groups in total. The van der Waals surface area contributed by atoms with E-state index in [2.05, 4.69) is 5.32 Å². The van der Waals surface area contributed by atoms with Gasteiger partial charge in [0.25, 0.3) is 5.91 Å². The number of nitrogens with one attached hydrogen (secondary N) is 1. The van der Waals surface area contributed by atoms with Crippen LogP contribution in [0.25, 0.3) is 0 Å². The molecule has 0 fully saturated rings. The van der Waals surface area contributed by atoms with Crippen molar-refractivity contribution in [3.05, 3.63) is 54.1 Å². The fourth-order valence-corrected chi connectivity index (χ4v) is 2.59. The molecule has 2 aromatic carbocycles. The molecule has 0 aliphatic rings. The first-order chi connectivity index (χ1) is 11.7. The van der Waals surface area contributed by atoms with Crippen LogP contribution in [-0.2, 0) is 14.8 Å². The lowest BCUT2D eigenvalue weighted by Gasteiger charge is -2.18. The van der Waals surface area contributed by atoms with Crippen molar-refractivity contribution in [3.63, 3.8) is 0 Å². The number of hydrogen-bond acceptors (Lipinski definition) is 4. The molecular formula is C18H22N2O4S. The molecule has 2 rings (SSSR count). The zero-order chi connectivity index (χ0) is 18.6. The van der Waals surface area contributed by atoms with Crippen LogP contribution in [0.3, 0.4) is 0 Å². The smallest absolute Gasteiger partial charge is 0.265 e. The van der Waals surface area contributed by atoms with E-state index in [0.29, 0.717) is 17.1 Å². The summed E-state index contributed by atoms with van der Waals surface area (Å²) in [6, 6.07) is 14.0. The van der Waals surface area contributed by atoms with Crippen molar-refractivity contribution >= 4 is 27.3 Å². The topological polar surface area (TPSA) is 75.7 Å². The molecule has 6 nitrogen and oxygen atoms in total. The van der Waals surface area contributed by atoms with E-state index in [4.69, 9.17) is 4.74 Å². The number of sulfonamides is 1. The largest absolute Gasteiger partial charge is 0.481 e. The summed E-state index contributed by atoms with van der Waals surface area (Å²) in [6.07, 6.45) is 0.425. The quantitative estimate of drug-likeness (QED) is 0.857. The van der Waals surface area contributed by atoms with Crippen molar-refractivity contribution in [1.82, 2.24) is 0 Å². The average molecular weight is 362 g/mol. The molecular weight excluding hydrogens is 340 g/mol. The fraction of sp³-hybridized carbons (Fsp3) is 0.278. The Morgan fingerprint density at radius 1 is 1.16 bits per heavy atom. The second-order valence-electron chi connectivity index (χ2n) is 5.84. The molecule has 1 amide bonds. The van der Waals surface area contributed by atoms with E-state index >= 15 is 0 Å². The highest BCUT2D eigenvalue weighted by Gasteiger charge is 2.16. The van der Waals surface area contributed by atoms with Crippen LogP contribution in [0.2, 0.25) is 0 Å². The number of ether oxygens (including phenoxy) is 1. The van der Waals surface area contributed by atoms with Crippen LogP contribution < -0.4 is 14.4 Å². The Hall–Kier alpha value is -2.54. The lowest BCUT2D eigenvalue weighted by molar-refractivity contribution is -0.122. The maximum absolute atomic E-state index is 12.3. The average Bonchev–Trinajstić information content (AvgIpc) is 2.55. The summed E-state index contributed by atoms with van der Waals surface area (Å²) in [5.41, 5.74) is 2.07. The summed E-state index contributed by atoms with van der Waals surface area (Å²) < 4.78 is 30.0. The highest BCUT2D eigenvalue weighted by Crippen LogP contribution is 2.21. The standard InChI is InChI=1S/C18H22N2O4S/c1-13-8-10-17(11-9-13)24-14(2)18(21)19-15-6-5-7-16(12-15)20(3)25(4,22)23/h5-12,14H,1-4H3,(H,19,21)/t14-/m1/s1. The monoisotopic (exact) mass is 362 g/mol. The molecule has 0 spiro atoms. The Balaban J connectivity index is 2.06. The molecule has 25 heavy (non-hydrogen) atoms. The first kappa shape index (κ1) is 18.8. The van der Waals surface area contributed by atoms with Gasteiger partial charge in [0.15, 0.2) is 6.10 Å². The van der Waals surface area contributed by atoms with Crippen LogP contribution in [0, 0.1) is 6.92 Å². The van der Waals surface area contributed by atoms with Crippen molar-refractivity contribution in [3.8, 4) is 5.75 Å². The van der Waals surface area contributed by atoms with Crippen LogP contribution in [0.4, 0.5) is 11.4 Å². The second kappa shape index (κ2) is 7.57. The fourth-order valence-electron chi connectivity index (χ4n) is 2.09. The van der Waals surface area contributed by atoms with Crippen LogP contribution >= 0.6 is 0 Å². The van der Waals surface area contributed by atoms with Gasteiger partial charge in [-0.25, -0.2) is 8.42 Å². The van der Waals surface area contributed by atoms with Crippen molar-refractivity contribution < 1.29 is 17.9 Å². The van der Waals surface area contributed by atoms with E-state index in [-0.39, 0.29) is 5.91 Å². The predicted octanol–water partition coefficient (Wildman–Crippen LogP) is 2.80. The summed E-state index contributed by atoms with van der Waals surface area (Å²) in [5, 5.41) is 2.73. The molecule has 134 valence electrons. The van der Waals surface area contributed by atoms with Gasteiger partial charge in [-0.05, 0) is 44.2 Å². The molecule has 1 atom stereocenters. The van der Waals surface area contributed by atoms with Gasteiger partial charge in [-0.15, -0.1) is 0 Å². The summed E-state index contributed by atoms with van der Waals surface area (Å²) in [5.74, 6) is 0.290. The van der Waals surface area contributed by atoms with Gasteiger partial charge in [0.1, 0.15) is 5.75 Å². The zero-order valence-electron chi connectivity index (χ0n) is 14.7. The van der Waals surface area contributed by atoms with Gasteiger partial charge in [-0.2, -0.15) is 0 Å². The maximum atomic E-state index is 12.3. The van der Waals surface area contributed by atoms with Gasteiger partial charge in [0.2, 0.25) is 10.0 Å². The first-order valence-corrected chi connectivity index (χ1v) is 9.60. The Morgan fingerprint density at radius 2 is 1.80 bits per heavy atom. The Labute approximate surface area is 148 Å². The number of amides is 1. The van der Waals surface area contributed by atoms with E-state index in [9.17, 15) is 13.2 Å². The summed E-state index contributed by atoms with van der Waals surface area (Å²) in [7, 11) is -1.91. The molecule has 0 heterocycles. The number of carbonyl (C=O) groups excluding carboxylic acids is 1. The maximum Gasteiger partial charge on any atom is 0.265 e. The van der Waals surface area contributed by atoms with Crippen molar-refractivity contribution in [2.45, 2.75) is 20.0 Å². The van der Waals surface area contributed by atoms with E-state index in [1.54, 1.807) is 43.3 Å². The van der Waals surface area contributed by atoms with Gasteiger partial charge in [0.05, 0.1) is 11.9 Å². The summed E-state index contributed by atoms with van der Waals surface area (Å²) in [4.78, 5) is 12.3. The number of carbonyl (C=O) groups is 1. The highest BCUT2D eigenvalue weighted by atomic mass is 32.2. The Kier molecular flexibility index (Phi) is 5.69.